The number of aliphatic hydroxyl groups is 1. The lowest BCUT2D eigenvalue weighted by molar-refractivity contribution is 0.111. The van der Waals surface area contributed by atoms with Crippen LogP contribution in [-0.2, 0) is 5.75 Å². The molecule has 4 heteroatoms. The van der Waals surface area contributed by atoms with Gasteiger partial charge < -0.3 is 10.0 Å². The van der Waals surface area contributed by atoms with Crippen LogP contribution >= 0.6 is 11.8 Å². The molecule has 2 heterocycles. The van der Waals surface area contributed by atoms with Gasteiger partial charge in [-0.3, -0.25) is 4.90 Å². The van der Waals surface area contributed by atoms with E-state index in [1.165, 1.54) is 41.0 Å². The largest absolute Gasteiger partial charge is 0.395 e. The quantitative estimate of drug-likeness (QED) is 0.822. The molecule has 144 valence electrons. The maximum atomic E-state index is 9.10. The topological polar surface area (TPSA) is 26.7 Å². The van der Waals surface area contributed by atoms with Crippen LogP contribution in [0.2, 0.25) is 0 Å². The fourth-order valence-electron chi connectivity index (χ4n) is 4.44. The van der Waals surface area contributed by atoms with Crippen molar-refractivity contribution in [3.05, 3.63) is 65.2 Å². The Balaban J connectivity index is 1.41. The van der Waals surface area contributed by atoms with Gasteiger partial charge in [0.2, 0.25) is 0 Å². The van der Waals surface area contributed by atoms with E-state index in [1.807, 2.05) is 11.8 Å². The smallest absolute Gasteiger partial charge is 0.0558 e. The molecule has 0 spiro atoms. The Hall–Kier alpha value is -1.33. The third kappa shape index (κ3) is 4.57. The lowest BCUT2D eigenvalue weighted by Crippen LogP contribution is -2.47. The van der Waals surface area contributed by atoms with E-state index in [2.05, 4.69) is 58.3 Å². The first-order chi connectivity index (χ1) is 13.3. The summed E-state index contributed by atoms with van der Waals surface area (Å²) >= 11 is 1.99. The number of fused-ring (bicyclic) bond motifs is 2. The highest BCUT2D eigenvalue weighted by Crippen LogP contribution is 2.42. The molecule has 1 saturated heterocycles. The van der Waals surface area contributed by atoms with E-state index in [4.69, 9.17) is 5.11 Å². The standard InChI is InChI=1S/C23H30N2OS/c26-17-16-25-14-12-24(13-15-25)11-5-9-21-20-7-2-1-6-19(20)18-27-23-10-4-3-8-22(21)23/h1-4,6-8,10,21,26H,5,9,11-18H2. The Morgan fingerprint density at radius 1 is 0.852 bits per heavy atom. The highest BCUT2D eigenvalue weighted by molar-refractivity contribution is 7.98. The van der Waals surface area contributed by atoms with Gasteiger partial charge in [0.15, 0.2) is 0 Å². The number of β-amino-alcohol motifs (C(OH)–C–C–N with tert-alkyl or cyclic N) is 1. The minimum atomic E-state index is 0.276. The van der Waals surface area contributed by atoms with E-state index < -0.39 is 0 Å². The van der Waals surface area contributed by atoms with Gasteiger partial charge in [0.25, 0.3) is 0 Å². The second kappa shape index (κ2) is 9.24. The molecule has 1 fully saturated rings. The normalized spacial score (nSPS) is 20.7. The highest BCUT2D eigenvalue weighted by Gasteiger charge is 2.24. The third-order valence-electron chi connectivity index (χ3n) is 5.96. The Morgan fingerprint density at radius 2 is 1.52 bits per heavy atom. The van der Waals surface area contributed by atoms with Crippen molar-refractivity contribution in [1.29, 1.82) is 0 Å². The molecule has 2 aliphatic rings. The zero-order valence-corrected chi connectivity index (χ0v) is 16.8. The molecule has 1 atom stereocenters. The molecule has 3 nitrogen and oxygen atoms in total. The molecule has 2 aromatic carbocycles. The number of thioether (sulfide) groups is 1. The lowest BCUT2D eigenvalue weighted by Gasteiger charge is -2.34. The summed E-state index contributed by atoms with van der Waals surface area (Å²) in [4.78, 5) is 6.42. The molecular weight excluding hydrogens is 352 g/mol. The summed E-state index contributed by atoms with van der Waals surface area (Å²) in [6, 6.07) is 18.0. The predicted molar refractivity (Wildman–Crippen MR) is 113 cm³/mol. The fraction of sp³-hybridized carbons (Fsp3) is 0.478. The number of hydrogen-bond donors (Lipinski definition) is 1. The van der Waals surface area contributed by atoms with Crippen LogP contribution in [-0.4, -0.2) is 60.8 Å². The summed E-state index contributed by atoms with van der Waals surface area (Å²) in [5.74, 6) is 1.60. The molecular formula is C23H30N2OS. The second-order valence-corrected chi connectivity index (χ2v) is 8.64. The first kappa shape index (κ1) is 19.0. The van der Waals surface area contributed by atoms with Crippen molar-refractivity contribution < 1.29 is 5.11 Å². The van der Waals surface area contributed by atoms with Crippen LogP contribution in [0.15, 0.2) is 53.4 Å². The van der Waals surface area contributed by atoms with Crippen LogP contribution in [0.25, 0.3) is 0 Å². The molecule has 0 radical (unpaired) electrons. The zero-order chi connectivity index (χ0) is 18.5. The monoisotopic (exact) mass is 382 g/mol. The molecule has 2 aromatic rings. The number of nitrogens with zero attached hydrogens (tertiary/aromatic N) is 2. The third-order valence-corrected chi connectivity index (χ3v) is 7.09. The van der Waals surface area contributed by atoms with Crippen LogP contribution in [0.5, 0.6) is 0 Å². The molecule has 0 saturated carbocycles. The van der Waals surface area contributed by atoms with Gasteiger partial charge in [-0.15, -0.1) is 11.8 Å². The Kier molecular flexibility index (Phi) is 6.51. The Morgan fingerprint density at radius 3 is 2.30 bits per heavy atom. The lowest BCUT2D eigenvalue weighted by atomic mass is 9.85. The van der Waals surface area contributed by atoms with Gasteiger partial charge in [0.05, 0.1) is 6.61 Å². The van der Waals surface area contributed by atoms with Crippen LogP contribution in [0, 0.1) is 0 Å². The van der Waals surface area contributed by atoms with Gasteiger partial charge in [-0.25, -0.2) is 0 Å². The van der Waals surface area contributed by atoms with Crippen molar-refractivity contribution in [1.82, 2.24) is 9.80 Å². The van der Waals surface area contributed by atoms with E-state index >= 15 is 0 Å². The number of rotatable bonds is 6. The van der Waals surface area contributed by atoms with Crippen molar-refractivity contribution >= 4 is 11.8 Å². The summed E-state index contributed by atoms with van der Waals surface area (Å²) < 4.78 is 0. The maximum absolute atomic E-state index is 9.10. The van der Waals surface area contributed by atoms with Crippen molar-refractivity contribution in [3.63, 3.8) is 0 Å². The summed E-state index contributed by atoms with van der Waals surface area (Å²) in [5.41, 5.74) is 4.55. The van der Waals surface area contributed by atoms with Gasteiger partial charge in [-0.1, -0.05) is 42.5 Å². The van der Waals surface area contributed by atoms with E-state index in [-0.39, 0.29) is 6.61 Å². The molecule has 1 N–H and O–H groups in total. The summed E-state index contributed by atoms with van der Waals surface area (Å²) in [7, 11) is 0. The molecule has 1 unspecified atom stereocenters. The van der Waals surface area contributed by atoms with Gasteiger partial charge in [-0.05, 0) is 42.1 Å². The second-order valence-electron chi connectivity index (χ2n) is 7.63. The maximum Gasteiger partial charge on any atom is 0.0558 e. The molecule has 0 bridgehead atoms. The highest BCUT2D eigenvalue weighted by atomic mass is 32.2. The molecule has 2 aliphatic heterocycles. The Bertz CT molecular complexity index is 695. The minimum Gasteiger partial charge on any atom is -0.395 e. The van der Waals surface area contributed by atoms with Crippen molar-refractivity contribution in [2.45, 2.75) is 29.4 Å². The summed E-state index contributed by atoms with van der Waals surface area (Å²) in [5, 5.41) is 9.10. The van der Waals surface area contributed by atoms with E-state index in [0.717, 1.165) is 38.5 Å². The molecule has 0 aliphatic carbocycles. The summed E-state index contributed by atoms with van der Waals surface area (Å²) in [6.45, 7) is 6.72. The first-order valence-corrected chi connectivity index (χ1v) is 11.2. The number of benzene rings is 2. The van der Waals surface area contributed by atoms with Crippen molar-refractivity contribution in [2.24, 2.45) is 0 Å². The summed E-state index contributed by atoms with van der Waals surface area (Å²) in [6.07, 6.45) is 2.45. The molecule has 0 amide bonds. The van der Waals surface area contributed by atoms with Crippen molar-refractivity contribution in [2.75, 3.05) is 45.9 Å². The Labute approximate surface area is 167 Å². The van der Waals surface area contributed by atoms with E-state index in [9.17, 15) is 0 Å². The van der Waals surface area contributed by atoms with E-state index in [0.29, 0.717) is 5.92 Å². The van der Waals surface area contributed by atoms with Crippen LogP contribution in [0.1, 0.15) is 35.4 Å². The average molecular weight is 383 g/mol. The zero-order valence-electron chi connectivity index (χ0n) is 16.0. The number of aliphatic hydroxyl groups excluding tert-OH is 1. The van der Waals surface area contributed by atoms with Crippen LogP contribution < -0.4 is 0 Å². The van der Waals surface area contributed by atoms with Crippen molar-refractivity contribution in [3.8, 4) is 0 Å². The first-order valence-electron chi connectivity index (χ1n) is 10.2. The fourth-order valence-corrected chi connectivity index (χ4v) is 5.56. The molecule has 0 aromatic heterocycles. The minimum absolute atomic E-state index is 0.276. The van der Waals surface area contributed by atoms with Gasteiger partial charge >= 0.3 is 0 Å². The predicted octanol–water partition coefficient (Wildman–Crippen LogP) is 3.81. The average Bonchev–Trinajstić information content (AvgIpc) is 2.87. The molecule has 27 heavy (non-hydrogen) atoms. The number of hydrogen-bond acceptors (Lipinski definition) is 4. The van der Waals surface area contributed by atoms with E-state index in [1.54, 1.807) is 0 Å². The van der Waals surface area contributed by atoms with Crippen LogP contribution in [0.3, 0.4) is 0 Å². The molecule has 4 rings (SSSR count). The van der Waals surface area contributed by atoms with Gasteiger partial charge in [0, 0.05) is 49.3 Å². The van der Waals surface area contributed by atoms with Gasteiger partial charge in [0.1, 0.15) is 0 Å². The van der Waals surface area contributed by atoms with Gasteiger partial charge in [-0.2, -0.15) is 0 Å². The number of piperazine rings is 1. The van der Waals surface area contributed by atoms with Crippen LogP contribution in [0.4, 0.5) is 0 Å². The SMILES string of the molecule is OCCN1CCN(CCCC2c3ccccc3CSc3ccccc32)CC1.